The van der Waals surface area contributed by atoms with Gasteiger partial charge in [-0.1, -0.05) is 42.2 Å². The molecule has 0 amide bonds. The van der Waals surface area contributed by atoms with Crippen LogP contribution in [0.2, 0.25) is 0 Å². The van der Waals surface area contributed by atoms with Crippen molar-refractivity contribution in [1.82, 2.24) is 4.90 Å². The third-order valence-corrected chi connectivity index (χ3v) is 4.65. The van der Waals surface area contributed by atoms with E-state index in [1.54, 1.807) is 0 Å². The number of aliphatic hydroxyl groups is 1. The van der Waals surface area contributed by atoms with E-state index in [1.807, 2.05) is 0 Å². The second-order valence-electron chi connectivity index (χ2n) is 6.88. The fraction of sp³-hybridized carbons (Fsp3) is 0.667. The Morgan fingerprint density at radius 2 is 1.45 bits per heavy atom. The number of hydrogen-bond donors (Lipinski definition) is 1. The molecule has 2 rings (SSSR count). The number of aryl methyl sites for hydroxylation is 2. The van der Waals surface area contributed by atoms with Crippen molar-refractivity contribution < 1.29 is 5.11 Å². The van der Waals surface area contributed by atoms with Gasteiger partial charge < -0.3 is 5.11 Å². The summed E-state index contributed by atoms with van der Waals surface area (Å²) in [4.78, 5) is 2.47. The Bertz CT molecular complexity index is 424. The summed E-state index contributed by atoms with van der Waals surface area (Å²) in [5.74, 6) is 0. The molecule has 1 N–H and O–H groups in total. The number of hydrogen-bond acceptors (Lipinski definition) is 2. The molecule has 1 atom stereocenters. The second kappa shape index (κ2) is 6.28. The maximum absolute atomic E-state index is 10.9. The van der Waals surface area contributed by atoms with Crippen molar-refractivity contribution in [2.75, 3.05) is 13.1 Å². The number of rotatable bonds is 3. The minimum atomic E-state index is -0.431. The first-order valence-electron chi connectivity index (χ1n) is 7.92. The smallest absolute Gasteiger partial charge is 0.0968 e. The highest BCUT2D eigenvalue weighted by Crippen LogP contribution is 2.33. The summed E-state index contributed by atoms with van der Waals surface area (Å²) < 4.78 is 0. The van der Waals surface area contributed by atoms with E-state index < -0.39 is 6.10 Å². The topological polar surface area (TPSA) is 23.5 Å². The van der Waals surface area contributed by atoms with Gasteiger partial charge >= 0.3 is 0 Å². The zero-order valence-corrected chi connectivity index (χ0v) is 13.4. The molecule has 1 fully saturated rings. The van der Waals surface area contributed by atoms with E-state index in [0.29, 0.717) is 0 Å². The maximum Gasteiger partial charge on any atom is 0.0968 e. The lowest BCUT2D eigenvalue weighted by molar-refractivity contribution is -0.0101. The highest BCUT2D eigenvalue weighted by atomic mass is 16.3. The van der Waals surface area contributed by atoms with Crippen molar-refractivity contribution in [1.29, 1.82) is 0 Å². The molecule has 2 heteroatoms. The van der Waals surface area contributed by atoms with Gasteiger partial charge in [-0.2, -0.15) is 0 Å². The number of benzene rings is 1. The van der Waals surface area contributed by atoms with Crippen LogP contribution in [0.25, 0.3) is 0 Å². The molecular formula is C18H29NO. The van der Waals surface area contributed by atoms with Gasteiger partial charge in [-0.05, 0) is 59.2 Å². The van der Waals surface area contributed by atoms with Crippen LogP contribution in [0.15, 0.2) is 18.2 Å². The van der Waals surface area contributed by atoms with Crippen LogP contribution >= 0.6 is 0 Å². The van der Waals surface area contributed by atoms with E-state index >= 15 is 0 Å². The van der Waals surface area contributed by atoms with Crippen LogP contribution in [0.3, 0.4) is 0 Å². The molecule has 1 aromatic rings. The average Bonchev–Trinajstić information content (AvgIpc) is 2.65. The summed E-state index contributed by atoms with van der Waals surface area (Å²) in [6.45, 7) is 10.8. The van der Waals surface area contributed by atoms with Crippen molar-refractivity contribution in [2.45, 2.75) is 65.0 Å². The van der Waals surface area contributed by atoms with Gasteiger partial charge in [0.25, 0.3) is 0 Å². The van der Waals surface area contributed by atoms with Crippen LogP contribution < -0.4 is 0 Å². The molecular weight excluding hydrogens is 246 g/mol. The molecule has 0 saturated carbocycles. The van der Waals surface area contributed by atoms with Gasteiger partial charge in [-0.3, -0.25) is 4.90 Å². The maximum atomic E-state index is 10.9. The lowest BCUT2D eigenvalue weighted by Gasteiger charge is -2.42. The first-order chi connectivity index (χ1) is 9.41. The molecule has 1 aliphatic rings. The van der Waals surface area contributed by atoms with Crippen LogP contribution in [0.5, 0.6) is 0 Å². The molecule has 0 bridgehead atoms. The summed E-state index contributed by atoms with van der Waals surface area (Å²) in [5, 5.41) is 10.9. The Kier molecular flexibility index (Phi) is 4.87. The van der Waals surface area contributed by atoms with Crippen LogP contribution in [0.1, 0.15) is 62.3 Å². The summed E-state index contributed by atoms with van der Waals surface area (Å²) in [6.07, 6.45) is 4.73. The minimum Gasteiger partial charge on any atom is -0.386 e. The molecule has 0 aliphatic carbocycles. The number of aliphatic hydroxyl groups excluding tert-OH is 1. The molecule has 1 heterocycles. The summed E-state index contributed by atoms with van der Waals surface area (Å²) in [7, 11) is 0. The quantitative estimate of drug-likeness (QED) is 0.901. The molecule has 0 spiro atoms. The Morgan fingerprint density at radius 1 is 0.950 bits per heavy atom. The van der Waals surface area contributed by atoms with Crippen LogP contribution in [-0.2, 0) is 0 Å². The predicted octanol–water partition coefficient (Wildman–Crippen LogP) is 3.99. The number of likely N-dealkylation sites (tertiary alicyclic amines) is 1. The lowest BCUT2D eigenvalue weighted by Crippen LogP contribution is -2.48. The van der Waals surface area contributed by atoms with Crippen molar-refractivity contribution in [3.63, 3.8) is 0 Å². The first-order valence-corrected chi connectivity index (χ1v) is 7.92. The van der Waals surface area contributed by atoms with Crippen molar-refractivity contribution in [3.8, 4) is 0 Å². The Morgan fingerprint density at radius 3 is 1.95 bits per heavy atom. The fourth-order valence-electron chi connectivity index (χ4n) is 3.40. The minimum absolute atomic E-state index is 0.204. The highest BCUT2D eigenvalue weighted by molar-refractivity contribution is 5.31. The second-order valence-corrected chi connectivity index (χ2v) is 6.88. The third kappa shape index (κ3) is 3.42. The predicted molar refractivity (Wildman–Crippen MR) is 85.0 cm³/mol. The zero-order valence-electron chi connectivity index (χ0n) is 13.4. The van der Waals surface area contributed by atoms with Gasteiger partial charge in [0.05, 0.1) is 6.10 Å². The summed E-state index contributed by atoms with van der Waals surface area (Å²) >= 11 is 0. The zero-order chi connectivity index (χ0) is 14.8. The Labute approximate surface area is 123 Å². The van der Waals surface area contributed by atoms with Gasteiger partial charge in [0.1, 0.15) is 0 Å². The third-order valence-electron chi connectivity index (χ3n) is 4.65. The van der Waals surface area contributed by atoms with Crippen LogP contribution in [-0.4, -0.2) is 28.6 Å². The molecule has 20 heavy (non-hydrogen) atoms. The van der Waals surface area contributed by atoms with Gasteiger partial charge in [0, 0.05) is 5.54 Å². The standard InChI is InChI=1S/C18H29NO/c1-14-11-15(2)13-16(12-14)17(20)18(3,4)19-9-7-5-6-8-10-19/h11-13,17,20H,5-10H2,1-4H3. The van der Waals surface area contributed by atoms with E-state index in [2.05, 4.69) is 50.8 Å². The SMILES string of the molecule is Cc1cc(C)cc(C(O)C(C)(C)N2CCCCCC2)c1. The summed E-state index contributed by atoms with van der Waals surface area (Å²) in [5.41, 5.74) is 3.30. The average molecular weight is 275 g/mol. The number of nitrogens with zero attached hydrogens (tertiary/aromatic N) is 1. The molecule has 1 saturated heterocycles. The molecule has 0 aromatic heterocycles. The molecule has 1 aromatic carbocycles. The lowest BCUT2D eigenvalue weighted by atomic mass is 9.88. The first kappa shape index (κ1) is 15.5. The van der Waals surface area contributed by atoms with Crippen molar-refractivity contribution in [3.05, 3.63) is 34.9 Å². The normalized spacial score (nSPS) is 19.6. The van der Waals surface area contributed by atoms with Crippen LogP contribution in [0, 0.1) is 13.8 Å². The van der Waals surface area contributed by atoms with E-state index in [1.165, 1.54) is 36.8 Å². The van der Waals surface area contributed by atoms with E-state index in [9.17, 15) is 5.11 Å². The van der Waals surface area contributed by atoms with E-state index in [-0.39, 0.29) is 5.54 Å². The van der Waals surface area contributed by atoms with Crippen molar-refractivity contribution >= 4 is 0 Å². The van der Waals surface area contributed by atoms with Crippen LogP contribution in [0.4, 0.5) is 0 Å². The Hall–Kier alpha value is -0.860. The van der Waals surface area contributed by atoms with E-state index in [4.69, 9.17) is 0 Å². The summed E-state index contributed by atoms with van der Waals surface area (Å²) in [6, 6.07) is 6.41. The monoisotopic (exact) mass is 275 g/mol. The van der Waals surface area contributed by atoms with Gasteiger partial charge in [0.15, 0.2) is 0 Å². The largest absolute Gasteiger partial charge is 0.386 e. The van der Waals surface area contributed by atoms with Crippen molar-refractivity contribution in [2.24, 2.45) is 0 Å². The van der Waals surface area contributed by atoms with Gasteiger partial charge in [-0.25, -0.2) is 0 Å². The molecule has 1 unspecified atom stereocenters. The Balaban J connectivity index is 2.22. The molecule has 0 radical (unpaired) electrons. The highest BCUT2D eigenvalue weighted by Gasteiger charge is 2.35. The molecule has 2 nitrogen and oxygen atoms in total. The fourth-order valence-corrected chi connectivity index (χ4v) is 3.40. The molecule has 1 aliphatic heterocycles. The van der Waals surface area contributed by atoms with Gasteiger partial charge in [-0.15, -0.1) is 0 Å². The van der Waals surface area contributed by atoms with E-state index in [0.717, 1.165) is 18.7 Å². The van der Waals surface area contributed by atoms with Gasteiger partial charge in [0.2, 0.25) is 0 Å². The molecule has 112 valence electrons.